The number of alkyl halides is 2. The Morgan fingerprint density at radius 3 is 2.44 bits per heavy atom. The Bertz CT molecular complexity index is 333. The molecule has 4 heteroatoms. The Morgan fingerprint density at radius 1 is 1.31 bits per heavy atom. The summed E-state index contributed by atoms with van der Waals surface area (Å²) in [5.41, 5.74) is 1.13. The highest BCUT2D eigenvalue weighted by Crippen LogP contribution is 2.14. The largest absolute Gasteiger partial charge is 0.427 e. The van der Waals surface area contributed by atoms with Gasteiger partial charge in [-0.15, -0.1) is 0 Å². The van der Waals surface area contributed by atoms with Crippen LogP contribution in [-0.2, 0) is 11.2 Å². The van der Waals surface area contributed by atoms with E-state index in [0.717, 1.165) is 12.0 Å². The molecule has 0 N–H and O–H groups in total. The average Bonchev–Trinajstić information content (AvgIpc) is 2.27. The van der Waals surface area contributed by atoms with Crippen LogP contribution in [0.4, 0.5) is 8.78 Å². The van der Waals surface area contributed by atoms with Crippen LogP contribution in [0.5, 0.6) is 5.75 Å². The lowest BCUT2D eigenvalue weighted by Crippen LogP contribution is -2.09. The zero-order valence-corrected chi connectivity index (χ0v) is 9.08. The molecule has 0 aliphatic rings. The van der Waals surface area contributed by atoms with Crippen molar-refractivity contribution in [3.63, 3.8) is 0 Å². The Kier molecular flexibility index (Phi) is 4.89. The molecule has 0 unspecified atom stereocenters. The van der Waals surface area contributed by atoms with E-state index in [1.165, 1.54) is 0 Å². The number of rotatable bonds is 5. The fourth-order valence-electron chi connectivity index (χ4n) is 1.20. The SMILES string of the molecule is CCc1ccc(OC(=O)CCC(F)F)cc1. The van der Waals surface area contributed by atoms with Crippen LogP contribution >= 0.6 is 0 Å². The Labute approximate surface area is 93.2 Å². The van der Waals surface area contributed by atoms with Crippen molar-refractivity contribution in [2.75, 3.05) is 0 Å². The first kappa shape index (κ1) is 12.6. The van der Waals surface area contributed by atoms with Gasteiger partial charge in [0, 0.05) is 6.42 Å². The van der Waals surface area contributed by atoms with Crippen molar-refractivity contribution in [3.05, 3.63) is 29.8 Å². The third-order valence-electron chi connectivity index (χ3n) is 2.13. The summed E-state index contributed by atoms with van der Waals surface area (Å²) < 4.78 is 28.5. The van der Waals surface area contributed by atoms with Gasteiger partial charge in [-0.1, -0.05) is 19.1 Å². The number of hydrogen-bond acceptors (Lipinski definition) is 2. The summed E-state index contributed by atoms with van der Waals surface area (Å²) in [5, 5.41) is 0. The summed E-state index contributed by atoms with van der Waals surface area (Å²) >= 11 is 0. The maximum atomic E-state index is 11.8. The van der Waals surface area contributed by atoms with Crippen molar-refractivity contribution in [3.8, 4) is 5.75 Å². The topological polar surface area (TPSA) is 26.3 Å². The summed E-state index contributed by atoms with van der Waals surface area (Å²) in [5.74, 6) is -0.221. The maximum absolute atomic E-state index is 11.8. The Morgan fingerprint density at radius 2 is 1.94 bits per heavy atom. The fourth-order valence-corrected chi connectivity index (χ4v) is 1.20. The second-order valence-corrected chi connectivity index (χ2v) is 3.40. The van der Waals surface area contributed by atoms with Gasteiger partial charge < -0.3 is 4.74 Å². The molecule has 0 amide bonds. The smallest absolute Gasteiger partial charge is 0.311 e. The maximum Gasteiger partial charge on any atom is 0.311 e. The molecule has 0 spiro atoms. The van der Waals surface area contributed by atoms with Crippen LogP contribution in [0.3, 0.4) is 0 Å². The molecular weight excluding hydrogens is 214 g/mol. The summed E-state index contributed by atoms with van der Waals surface area (Å²) in [4.78, 5) is 11.1. The molecule has 0 heterocycles. The van der Waals surface area contributed by atoms with Gasteiger partial charge in [-0.2, -0.15) is 0 Å². The molecule has 0 fully saturated rings. The lowest BCUT2D eigenvalue weighted by molar-refractivity contribution is -0.135. The zero-order chi connectivity index (χ0) is 12.0. The molecule has 1 aromatic carbocycles. The lowest BCUT2D eigenvalue weighted by atomic mass is 10.2. The molecule has 0 saturated carbocycles. The monoisotopic (exact) mass is 228 g/mol. The van der Waals surface area contributed by atoms with Gasteiger partial charge in [0.15, 0.2) is 0 Å². The highest BCUT2D eigenvalue weighted by Gasteiger charge is 2.09. The zero-order valence-electron chi connectivity index (χ0n) is 9.08. The third kappa shape index (κ3) is 4.38. The first-order valence-corrected chi connectivity index (χ1v) is 5.19. The first-order chi connectivity index (χ1) is 7.61. The van der Waals surface area contributed by atoms with Gasteiger partial charge in [0.1, 0.15) is 5.75 Å². The molecule has 0 aliphatic heterocycles. The minimum absolute atomic E-state index is 0.257. The van der Waals surface area contributed by atoms with Gasteiger partial charge >= 0.3 is 5.97 Å². The van der Waals surface area contributed by atoms with Gasteiger partial charge in [0.05, 0.1) is 6.42 Å². The molecule has 1 aromatic rings. The number of hydrogen-bond donors (Lipinski definition) is 0. The molecule has 0 aliphatic carbocycles. The van der Waals surface area contributed by atoms with Crippen molar-refractivity contribution < 1.29 is 18.3 Å². The quantitative estimate of drug-likeness (QED) is 0.571. The number of halogens is 2. The molecule has 0 aromatic heterocycles. The van der Waals surface area contributed by atoms with Gasteiger partial charge in [-0.05, 0) is 24.1 Å². The Balaban J connectivity index is 2.43. The first-order valence-electron chi connectivity index (χ1n) is 5.19. The van der Waals surface area contributed by atoms with E-state index in [4.69, 9.17) is 4.74 Å². The van der Waals surface area contributed by atoms with Crippen LogP contribution in [0.25, 0.3) is 0 Å². The van der Waals surface area contributed by atoms with Gasteiger partial charge in [-0.25, -0.2) is 8.78 Å². The number of carbonyl (C=O) groups excluding carboxylic acids is 1. The molecule has 0 saturated heterocycles. The summed E-state index contributed by atoms with van der Waals surface area (Å²) in [7, 11) is 0. The van der Waals surface area contributed by atoms with Crippen LogP contribution in [0.1, 0.15) is 25.3 Å². The van der Waals surface area contributed by atoms with E-state index in [1.807, 2.05) is 19.1 Å². The Hall–Kier alpha value is -1.45. The highest BCUT2D eigenvalue weighted by atomic mass is 19.3. The van der Waals surface area contributed by atoms with E-state index < -0.39 is 18.8 Å². The van der Waals surface area contributed by atoms with E-state index in [9.17, 15) is 13.6 Å². The summed E-state index contributed by atoms with van der Waals surface area (Å²) in [6.45, 7) is 2.02. The number of ether oxygens (including phenoxy) is 1. The number of aryl methyl sites for hydroxylation is 1. The van der Waals surface area contributed by atoms with E-state index in [0.29, 0.717) is 5.75 Å². The second-order valence-electron chi connectivity index (χ2n) is 3.40. The molecule has 16 heavy (non-hydrogen) atoms. The van der Waals surface area contributed by atoms with Gasteiger partial charge in [0.2, 0.25) is 6.43 Å². The average molecular weight is 228 g/mol. The fraction of sp³-hybridized carbons (Fsp3) is 0.417. The van der Waals surface area contributed by atoms with Crippen molar-refractivity contribution in [2.45, 2.75) is 32.6 Å². The standard InChI is InChI=1S/C12H14F2O2/c1-2-9-3-5-10(6-4-9)16-12(15)8-7-11(13)14/h3-6,11H,2,7-8H2,1H3. The van der Waals surface area contributed by atoms with Crippen LogP contribution in [0.2, 0.25) is 0 Å². The second kappa shape index (κ2) is 6.20. The van der Waals surface area contributed by atoms with Crippen molar-refractivity contribution >= 4 is 5.97 Å². The highest BCUT2D eigenvalue weighted by molar-refractivity contribution is 5.72. The summed E-state index contributed by atoms with van der Waals surface area (Å²) in [6, 6.07) is 7.02. The molecule has 1 rings (SSSR count). The lowest BCUT2D eigenvalue weighted by Gasteiger charge is -2.04. The van der Waals surface area contributed by atoms with Gasteiger partial charge in [0.25, 0.3) is 0 Å². The molecule has 0 bridgehead atoms. The molecule has 88 valence electrons. The van der Waals surface area contributed by atoms with E-state index in [-0.39, 0.29) is 6.42 Å². The third-order valence-corrected chi connectivity index (χ3v) is 2.13. The van der Waals surface area contributed by atoms with E-state index in [1.54, 1.807) is 12.1 Å². The van der Waals surface area contributed by atoms with Crippen molar-refractivity contribution in [2.24, 2.45) is 0 Å². The van der Waals surface area contributed by atoms with Crippen LogP contribution in [-0.4, -0.2) is 12.4 Å². The molecule has 0 radical (unpaired) electrons. The van der Waals surface area contributed by atoms with Crippen LogP contribution in [0, 0.1) is 0 Å². The summed E-state index contributed by atoms with van der Waals surface area (Å²) in [6.07, 6.45) is -2.27. The van der Waals surface area contributed by atoms with E-state index in [2.05, 4.69) is 0 Å². The van der Waals surface area contributed by atoms with Crippen molar-refractivity contribution in [1.82, 2.24) is 0 Å². The molecule has 2 nitrogen and oxygen atoms in total. The predicted molar refractivity (Wildman–Crippen MR) is 56.7 cm³/mol. The minimum atomic E-state index is -2.46. The minimum Gasteiger partial charge on any atom is -0.427 e. The number of benzene rings is 1. The number of esters is 1. The number of carbonyl (C=O) groups is 1. The predicted octanol–water partition coefficient (Wildman–Crippen LogP) is 3.20. The molecule has 0 atom stereocenters. The van der Waals surface area contributed by atoms with E-state index >= 15 is 0 Å². The molecular formula is C12H14F2O2. The van der Waals surface area contributed by atoms with Crippen LogP contribution < -0.4 is 4.74 Å². The normalized spacial score (nSPS) is 10.5. The van der Waals surface area contributed by atoms with Crippen LogP contribution in [0.15, 0.2) is 24.3 Å². The van der Waals surface area contributed by atoms with Crippen molar-refractivity contribution in [1.29, 1.82) is 0 Å². The van der Waals surface area contributed by atoms with Gasteiger partial charge in [-0.3, -0.25) is 4.79 Å².